The van der Waals surface area contributed by atoms with Crippen molar-refractivity contribution in [2.45, 2.75) is 57.8 Å². The van der Waals surface area contributed by atoms with Crippen molar-refractivity contribution in [2.75, 3.05) is 19.6 Å². The van der Waals surface area contributed by atoms with Gasteiger partial charge in [0.1, 0.15) is 0 Å². The predicted molar refractivity (Wildman–Crippen MR) is 74.1 cm³/mol. The highest BCUT2D eigenvalue weighted by atomic mass is 35.5. The average Bonchev–Trinajstić information content (AvgIpc) is 2.67. The van der Waals surface area contributed by atoms with E-state index in [0.717, 1.165) is 19.5 Å². The number of carbonyl (C=O) groups excluding carboxylic acids is 1. The Morgan fingerprint density at radius 3 is 2.78 bits per heavy atom. The molecule has 106 valence electrons. The molecular weight excluding hydrogens is 252 g/mol. The molecule has 18 heavy (non-hydrogen) atoms. The maximum atomic E-state index is 12.2. The molecule has 1 amide bonds. The van der Waals surface area contributed by atoms with Gasteiger partial charge in [0.25, 0.3) is 0 Å². The van der Waals surface area contributed by atoms with Crippen molar-refractivity contribution >= 4 is 18.3 Å². The van der Waals surface area contributed by atoms with Crippen LogP contribution < -0.4 is 5.32 Å². The summed E-state index contributed by atoms with van der Waals surface area (Å²) in [5, 5.41) is 3.38. The van der Waals surface area contributed by atoms with Crippen molar-refractivity contribution in [3.63, 3.8) is 0 Å². The van der Waals surface area contributed by atoms with Gasteiger partial charge in [0, 0.05) is 25.6 Å². The molecule has 0 aliphatic carbocycles. The van der Waals surface area contributed by atoms with E-state index in [-0.39, 0.29) is 30.0 Å². The van der Waals surface area contributed by atoms with Crippen LogP contribution in [0.3, 0.4) is 0 Å². The zero-order chi connectivity index (χ0) is 12.5. The second kappa shape index (κ2) is 6.22. The lowest BCUT2D eigenvalue weighted by molar-refractivity contribution is -0.158. The number of ether oxygens (including phenoxy) is 1. The molecule has 0 aromatic rings. The summed E-state index contributed by atoms with van der Waals surface area (Å²) >= 11 is 0. The molecule has 2 fully saturated rings. The lowest BCUT2D eigenvalue weighted by Crippen LogP contribution is -2.54. The first-order chi connectivity index (χ1) is 7.96. The number of carbonyl (C=O) groups is 1. The van der Waals surface area contributed by atoms with Crippen LogP contribution in [0.15, 0.2) is 0 Å². The molecule has 5 heteroatoms. The molecule has 1 N–H and O–H groups in total. The van der Waals surface area contributed by atoms with Crippen molar-refractivity contribution in [1.29, 1.82) is 0 Å². The third kappa shape index (κ3) is 4.11. The van der Waals surface area contributed by atoms with Crippen LogP contribution in [0, 0.1) is 0 Å². The zero-order valence-electron chi connectivity index (χ0n) is 11.6. The number of rotatable bonds is 2. The average molecular weight is 277 g/mol. The molecule has 4 nitrogen and oxygen atoms in total. The summed E-state index contributed by atoms with van der Waals surface area (Å²) in [5.41, 5.74) is -0.212. The Balaban J connectivity index is 0.00000162. The number of nitrogens with zero attached hydrogens (tertiary/aromatic N) is 1. The number of hydrogen-bond donors (Lipinski definition) is 1. The van der Waals surface area contributed by atoms with Crippen molar-refractivity contribution in [2.24, 2.45) is 0 Å². The minimum Gasteiger partial charge on any atom is -0.369 e. The second-order valence-electron chi connectivity index (χ2n) is 5.96. The van der Waals surface area contributed by atoms with Gasteiger partial charge in [0.05, 0.1) is 11.7 Å². The van der Waals surface area contributed by atoms with E-state index < -0.39 is 0 Å². The van der Waals surface area contributed by atoms with E-state index in [1.807, 2.05) is 11.8 Å². The van der Waals surface area contributed by atoms with Crippen LogP contribution in [0.1, 0.15) is 40.0 Å². The predicted octanol–water partition coefficient (Wildman–Crippen LogP) is 1.58. The third-order valence-corrected chi connectivity index (χ3v) is 3.51. The summed E-state index contributed by atoms with van der Waals surface area (Å²) in [6.45, 7) is 8.64. The van der Waals surface area contributed by atoms with Crippen LogP contribution in [0.5, 0.6) is 0 Å². The standard InChI is InChI=1S/C13H24N2O2.ClH/c1-10-8-15(9-13(2,3)17-10)12(16)7-11-5-4-6-14-11;/h10-11,14H,4-9H2,1-3H3;1H. The molecule has 0 radical (unpaired) electrons. The Kier molecular flexibility index (Phi) is 5.44. The minimum atomic E-state index is -0.212. The van der Waals surface area contributed by atoms with E-state index in [1.165, 1.54) is 6.42 Å². The smallest absolute Gasteiger partial charge is 0.224 e. The molecule has 0 saturated carbocycles. The molecule has 0 spiro atoms. The van der Waals surface area contributed by atoms with Crippen LogP contribution in [0.4, 0.5) is 0 Å². The first-order valence-electron chi connectivity index (χ1n) is 6.65. The van der Waals surface area contributed by atoms with Gasteiger partial charge in [-0.2, -0.15) is 0 Å². The molecule has 0 bridgehead atoms. The SMILES string of the molecule is CC1CN(C(=O)CC2CCCN2)CC(C)(C)O1.Cl. The van der Waals surface area contributed by atoms with Gasteiger partial charge in [-0.15, -0.1) is 12.4 Å². The number of amides is 1. The molecule has 2 heterocycles. The van der Waals surface area contributed by atoms with Gasteiger partial charge in [0.2, 0.25) is 5.91 Å². The van der Waals surface area contributed by atoms with Crippen LogP contribution in [-0.2, 0) is 9.53 Å². The molecule has 2 aliphatic heterocycles. The van der Waals surface area contributed by atoms with Crippen LogP contribution in [-0.4, -0.2) is 48.2 Å². The molecule has 2 rings (SSSR count). The third-order valence-electron chi connectivity index (χ3n) is 3.51. The summed E-state index contributed by atoms with van der Waals surface area (Å²) < 4.78 is 5.81. The quantitative estimate of drug-likeness (QED) is 0.833. The lowest BCUT2D eigenvalue weighted by Gasteiger charge is -2.42. The summed E-state index contributed by atoms with van der Waals surface area (Å²) in [7, 11) is 0. The maximum Gasteiger partial charge on any atom is 0.224 e. The van der Waals surface area contributed by atoms with E-state index >= 15 is 0 Å². The molecule has 0 aromatic heterocycles. The Hall–Kier alpha value is -0.320. The largest absolute Gasteiger partial charge is 0.369 e. The fraction of sp³-hybridized carbons (Fsp3) is 0.923. The Morgan fingerprint density at radius 2 is 2.22 bits per heavy atom. The molecule has 2 saturated heterocycles. The number of hydrogen-bond acceptors (Lipinski definition) is 3. The Labute approximate surface area is 116 Å². The van der Waals surface area contributed by atoms with Gasteiger partial charge in [0.15, 0.2) is 0 Å². The van der Waals surface area contributed by atoms with E-state index in [0.29, 0.717) is 19.0 Å². The molecule has 2 unspecified atom stereocenters. The second-order valence-corrected chi connectivity index (χ2v) is 5.96. The number of halogens is 1. The van der Waals surface area contributed by atoms with Crippen molar-refractivity contribution in [3.05, 3.63) is 0 Å². The van der Waals surface area contributed by atoms with Crippen LogP contribution >= 0.6 is 12.4 Å². The van der Waals surface area contributed by atoms with Crippen LogP contribution in [0.2, 0.25) is 0 Å². The van der Waals surface area contributed by atoms with Crippen LogP contribution in [0.25, 0.3) is 0 Å². The Morgan fingerprint density at radius 1 is 1.50 bits per heavy atom. The molecule has 2 aliphatic rings. The number of morpholine rings is 1. The van der Waals surface area contributed by atoms with E-state index in [2.05, 4.69) is 19.2 Å². The highest BCUT2D eigenvalue weighted by Crippen LogP contribution is 2.22. The topological polar surface area (TPSA) is 41.6 Å². The summed E-state index contributed by atoms with van der Waals surface area (Å²) in [6, 6.07) is 0.392. The van der Waals surface area contributed by atoms with Gasteiger partial charge in [-0.3, -0.25) is 4.79 Å². The van der Waals surface area contributed by atoms with Crippen molar-refractivity contribution in [1.82, 2.24) is 10.2 Å². The summed E-state index contributed by atoms with van der Waals surface area (Å²) in [6.07, 6.45) is 3.11. The summed E-state index contributed by atoms with van der Waals surface area (Å²) in [4.78, 5) is 14.2. The highest BCUT2D eigenvalue weighted by Gasteiger charge is 2.34. The number of nitrogens with one attached hydrogen (secondary N) is 1. The monoisotopic (exact) mass is 276 g/mol. The van der Waals surface area contributed by atoms with Gasteiger partial charge < -0.3 is 15.0 Å². The highest BCUT2D eigenvalue weighted by molar-refractivity contribution is 5.85. The zero-order valence-corrected chi connectivity index (χ0v) is 12.4. The van der Waals surface area contributed by atoms with E-state index in [4.69, 9.17) is 4.74 Å². The molecule has 0 aromatic carbocycles. The maximum absolute atomic E-state index is 12.2. The van der Waals surface area contributed by atoms with Crippen molar-refractivity contribution < 1.29 is 9.53 Å². The molecular formula is C13H25ClN2O2. The normalized spacial score (nSPS) is 30.9. The Bertz CT molecular complexity index is 291. The van der Waals surface area contributed by atoms with Gasteiger partial charge >= 0.3 is 0 Å². The van der Waals surface area contributed by atoms with Gasteiger partial charge in [-0.05, 0) is 40.2 Å². The summed E-state index contributed by atoms with van der Waals surface area (Å²) in [5.74, 6) is 0.271. The van der Waals surface area contributed by atoms with Gasteiger partial charge in [-0.1, -0.05) is 0 Å². The molecule has 2 atom stereocenters. The minimum absolute atomic E-state index is 0. The van der Waals surface area contributed by atoms with Gasteiger partial charge in [-0.25, -0.2) is 0 Å². The first-order valence-corrected chi connectivity index (χ1v) is 6.65. The lowest BCUT2D eigenvalue weighted by atomic mass is 10.0. The van der Waals surface area contributed by atoms with E-state index in [1.54, 1.807) is 0 Å². The van der Waals surface area contributed by atoms with E-state index in [9.17, 15) is 4.79 Å². The fourth-order valence-corrected chi connectivity index (χ4v) is 2.91. The fourth-order valence-electron chi connectivity index (χ4n) is 2.91. The first kappa shape index (κ1) is 15.7. The van der Waals surface area contributed by atoms with Crippen molar-refractivity contribution in [3.8, 4) is 0 Å².